The van der Waals surface area contributed by atoms with Crippen molar-refractivity contribution < 1.29 is 4.79 Å². The molecule has 0 aliphatic carbocycles. The molecule has 1 aromatic heterocycles. The topological polar surface area (TPSA) is 51.0 Å². The number of amides is 1. The summed E-state index contributed by atoms with van der Waals surface area (Å²) in [6.07, 6.45) is 0. The third-order valence-corrected chi connectivity index (χ3v) is 3.71. The fraction of sp³-hybridized carbons (Fsp3) is 0.438. The van der Waals surface area contributed by atoms with E-state index in [1.165, 1.54) is 0 Å². The molecule has 0 aliphatic rings. The normalized spacial score (nSPS) is 11.3. The first kappa shape index (κ1) is 16.5. The van der Waals surface area contributed by atoms with Gasteiger partial charge in [-0.1, -0.05) is 23.7 Å². The molecular weight excluding hydrogens is 300 g/mol. The summed E-state index contributed by atoms with van der Waals surface area (Å²) in [6, 6.07) is 7.52. The number of hydrogen-bond donors (Lipinski definition) is 0. The van der Waals surface area contributed by atoms with Gasteiger partial charge >= 0.3 is 0 Å². The lowest BCUT2D eigenvalue weighted by atomic mass is 10.2. The highest BCUT2D eigenvalue weighted by Crippen LogP contribution is 2.20. The first-order valence-corrected chi connectivity index (χ1v) is 7.72. The van der Waals surface area contributed by atoms with Crippen molar-refractivity contribution in [2.24, 2.45) is 0 Å². The predicted octanol–water partition coefficient (Wildman–Crippen LogP) is 3.49. The van der Waals surface area contributed by atoms with Crippen LogP contribution in [0.4, 0.5) is 0 Å². The Labute approximate surface area is 135 Å². The smallest absolute Gasteiger partial charge is 0.294 e. The quantitative estimate of drug-likeness (QED) is 0.866. The van der Waals surface area contributed by atoms with Gasteiger partial charge in [-0.2, -0.15) is 0 Å². The summed E-state index contributed by atoms with van der Waals surface area (Å²) in [7, 11) is 0. The Morgan fingerprint density at radius 2 is 1.77 bits per heavy atom. The van der Waals surface area contributed by atoms with Crippen LogP contribution >= 0.6 is 11.6 Å². The number of benzene rings is 1. The average molecular weight is 321 g/mol. The highest BCUT2D eigenvalue weighted by Gasteiger charge is 2.26. The Hall–Kier alpha value is -1.88. The maximum absolute atomic E-state index is 12.7. The zero-order valence-electron chi connectivity index (χ0n) is 13.5. The molecule has 0 unspecified atom stereocenters. The standard InChI is InChI=1S/C16H21ClN4O/c1-10(2)20(11(3)4)16(22)15-18-12(5)21(19-15)14-9-7-6-8-13(14)17/h6-11H,1-5H3. The molecule has 0 fully saturated rings. The molecule has 0 saturated carbocycles. The Morgan fingerprint density at radius 3 is 2.32 bits per heavy atom. The maximum Gasteiger partial charge on any atom is 0.294 e. The van der Waals surface area contributed by atoms with Gasteiger partial charge < -0.3 is 4.90 Å². The van der Waals surface area contributed by atoms with Gasteiger partial charge in [-0.15, -0.1) is 5.10 Å². The summed E-state index contributed by atoms with van der Waals surface area (Å²) in [5.41, 5.74) is 0.717. The minimum Gasteiger partial charge on any atom is -0.331 e. The van der Waals surface area contributed by atoms with Crippen molar-refractivity contribution in [3.8, 4) is 5.69 Å². The fourth-order valence-electron chi connectivity index (χ4n) is 2.51. The number of hydrogen-bond acceptors (Lipinski definition) is 3. The minimum atomic E-state index is -0.168. The van der Waals surface area contributed by atoms with E-state index in [0.29, 0.717) is 16.5 Å². The van der Waals surface area contributed by atoms with Crippen molar-refractivity contribution in [2.75, 3.05) is 0 Å². The second-order valence-corrected chi connectivity index (χ2v) is 6.15. The average Bonchev–Trinajstić information content (AvgIpc) is 2.80. The lowest BCUT2D eigenvalue weighted by Crippen LogP contribution is -2.42. The third-order valence-electron chi connectivity index (χ3n) is 3.39. The van der Waals surface area contributed by atoms with Crippen molar-refractivity contribution in [3.05, 3.63) is 40.9 Å². The third kappa shape index (κ3) is 3.14. The highest BCUT2D eigenvalue weighted by atomic mass is 35.5. The summed E-state index contributed by atoms with van der Waals surface area (Å²) >= 11 is 6.20. The molecule has 2 aromatic rings. The second-order valence-electron chi connectivity index (χ2n) is 5.75. The molecular formula is C16H21ClN4O. The molecule has 2 rings (SSSR count). The zero-order valence-corrected chi connectivity index (χ0v) is 14.3. The van der Waals surface area contributed by atoms with Gasteiger partial charge in [0, 0.05) is 12.1 Å². The van der Waals surface area contributed by atoms with Crippen molar-refractivity contribution in [1.82, 2.24) is 19.7 Å². The highest BCUT2D eigenvalue weighted by molar-refractivity contribution is 6.32. The fourth-order valence-corrected chi connectivity index (χ4v) is 2.73. The van der Waals surface area contributed by atoms with E-state index in [2.05, 4.69) is 10.1 Å². The van der Waals surface area contributed by atoms with Crippen LogP contribution in [-0.2, 0) is 0 Å². The van der Waals surface area contributed by atoms with Crippen LogP contribution in [0, 0.1) is 6.92 Å². The largest absolute Gasteiger partial charge is 0.331 e. The van der Waals surface area contributed by atoms with Gasteiger partial charge in [0.15, 0.2) is 0 Å². The molecule has 0 bridgehead atoms. The van der Waals surface area contributed by atoms with Gasteiger partial charge in [0.2, 0.25) is 5.82 Å². The lowest BCUT2D eigenvalue weighted by Gasteiger charge is -2.29. The van der Waals surface area contributed by atoms with Crippen molar-refractivity contribution in [3.63, 3.8) is 0 Å². The van der Waals surface area contributed by atoms with Gasteiger partial charge in [-0.05, 0) is 46.8 Å². The maximum atomic E-state index is 12.7. The molecule has 0 atom stereocenters. The van der Waals surface area contributed by atoms with E-state index >= 15 is 0 Å². The number of aryl methyl sites for hydroxylation is 1. The first-order chi connectivity index (χ1) is 10.3. The van der Waals surface area contributed by atoms with Crippen molar-refractivity contribution in [1.29, 1.82) is 0 Å². The van der Waals surface area contributed by atoms with Gasteiger partial charge in [0.1, 0.15) is 5.82 Å². The molecule has 5 nitrogen and oxygen atoms in total. The van der Waals surface area contributed by atoms with Gasteiger partial charge in [-0.3, -0.25) is 4.79 Å². The van der Waals surface area contributed by atoms with E-state index in [1.54, 1.807) is 15.6 Å². The summed E-state index contributed by atoms with van der Waals surface area (Å²) in [5, 5.41) is 4.92. The van der Waals surface area contributed by atoms with E-state index in [4.69, 9.17) is 11.6 Å². The summed E-state index contributed by atoms with van der Waals surface area (Å²) in [4.78, 5) is 18.7. The van der Waals surface area contributed by atoms with Crippen LogP contribution in [-0.4, -0.2) is 37.7 Å². The molecule has 0 N–H and O–H groups in total. The van der Waals surface area contributed by atoms with E-state index in [9.17, 15) is 4.79 Å². The van der Waals surface area contributed by atoms with E-state index in [-0.39, 0.29) is 23.8 Å². The van der Waals surface area contributed by atoms with Crippen molar-refractivity contribution in [2.45, 2.75) is 46.7 Å². The molecule has 22 heavy (non-hydrogen) atoms. The van der Waals surface area contributed by atoms with Crippen LogP contribution in [0.1, 0.15) is 44.1 Å². The van der Waals surface area contributed by atoms with Crippen LogP contribution in [0.3, 0.4) is 0 Å². The van der Waals surface area contributed by atoms with Crippen LogP contribution < -0.4 is 0 Å². The molecule has 1 aromatic carbocycles. The molecule has 6 heteroatoms. The minimum absolute atomic E-state index is 0.0834. The SMILES string of the molecule is Cc1nc(C(=O)N(C(C)C)C(C)C)nn1-c1ccccc1Cl. The van der Waals surface area contributed by atoms with Crippen LogP contribution in [0.25, 0.3) is 5.69 Å². The van der Waals surface area contributed by atoms with Crippen LogP contribution in [0.5, 0.6) is 0 Å². The molecule has 0 saturated heterocycles. The number of nitrogens with zero attached hydrogens (tertiary/aromatic N) is 4. The summed E-state index contributed by atoms with van der Waals surface area (Å²) in [6.45, 7) is 9.74. The van der Waals surface area contributed by atoms with Crippen LogP contribution in [0.2, 0.25) is 5.02 Å². The number of carbonyl (C=O) groups excluding carboxylic acids is 1. The number of carbonyl (C=O) groups is 1. The summed E-state index contributed by atoms with van der Waals surface area (Å²) in [5.74, 6) is 0.655. The number of para-hydroxylation sites is 1. The Bertz CT molecular complexity index is 671. The second kappa shape index (κ2) is 6.48. The predicted molar refractivity (Wildman–Crippen MR) is 87.5 cm³/mol. The van der Waals surface area contributed by atoms with E-state index in [1.807, 2.05) is 52.8 Å². The van der Waals surface area contributed by atoms with E-state index < -0.39 is 0 Å². The van der Waals surface area contributed by atoms with Crippen LogP contribution in [0.15, 0.2) is 24.3 Å². The monoisotopic (exact) mass is 320 g/mol. The summed E-state index contributed by atoms with van der Waals surface area (Å²) < 4.78 is 1.61. The first-order valence-electron chi connectivity index (χ1n) is 7.34. The Morgan fingerprint density at radius 1 is 1.18 bits per heavy atom. The van der Waals surface area contributed by atoms with Gasteiger partial charge in [-0.25, -0.2) is 9.67 Å². The molecule has 0 aliphatic heterocycles. The van der Waals surface area contributed by atoms with Gasteiger partial charge in [0.25, 0.3) is 5.91 Å². The number of halogens is 1. The number of aromatic nitrogens is 3. The zero-order chi connectivity index (χ0) is 16.4. The molecule has 0 radical (unpaired) electrons. The lowest BCUT2D eigenvalue weighted by molar-refractivity contribution is 0.0631. The Kier molecular flexibility index (Phi) is 4.86. The van der Waals surface area contributed by atoms with Gasteiger partial charge in [0.05, 0.1) is 10.7 Å². The molecule has 1 heterocycles. The van der Waals surface area contributed by atoms with E-state index in [0.717, 1.165) is 0 Å². The molecule has 118 valence electrons. The van der Waals surface area contributed by atoms with Crippen molar-refractivity contribution >= 4 is 17.5 Å². The Balaban J connectivity index is 2.42. The molecule has 1 amide bonds. The number of rotatable bonds is 4. The molecule has 0 spiro atoms.